The number of hydrogen-bond donors (Lipinski definition) is 2. The van der Waals surface area contributed by atoms with Crippen molar-refractivity contribution in [3.63, 3.8) is 0 Å². The second kappa shape index (κ2) is 7.40. The summed E-state index contributed by atoms with van der Waals surface area (Å²) >= 11 is 0. The zero-order valence-corrected chi connectivity index (χ0v) is 15.9. The van der Waals surface area contributed by atoms with Gasteiger partial charge in [-0.15, -0.1) is 0 Å². The summed E-state index contributed by atoms with van der Waals surface area (Å²) in [6, 6.07) is 2.16. The van der Waals surface area contributed by atoms with Crippen LogP contribution in [-0.4, -0.2) is 41.6 Å². The van der Waals surface area contributed by atoms with Crippen molar-refractivity contribution < 1.29 is 0 Å². The number of nitrogens with zero attached hydrogens (tertiary/aromatic N) is 6. The Morgan fingerprint density at radius 1 is 1.15 bits per heavy atom. The number of nitrogens with one attached hydrogen (secondary N) is 2. The molecule has 0 spiro atoms. The van der Waals surface area contributed by atoms with Gasteiger partial charge in [-0.3, -0.25) is 15.0 Å². The minimum atomic E-state index is 0.210. The number of aromatic nitrogens is 6. The highest BCUT2D eigenvalue weighted by Crippen LogP contribution is 2.35. The predicted octanol–water partition coefficient (Wildman–Crippen LogP) is 3.00. The number of rotatable bonds is 5. The van der Waals surface area contributed by atoms with Crippen molar-refractivity contribution in [2.24, 2.45) is 0 Å². The first-order valence-corrected chi connectivity index (χ1v) is 9.23. The lowest BCUT2D eigenvalue weighted by atomic mass is 10.1. The Morgan fingerprint density at radius 2 is 1.93 bits per heavy atom. The molecule has 3 aromatic heterocycles. The SMILES string of the molecule is Cc1cc(C)nc(Nc2nccnc2C2CCCN2Cc2cn[nH]c2C)n1. The van der Waals surface area contributed by atoms with Crippen LogP contribution in [0.5, 0.6) is 0 Å². The molecule has 1 unspecified atom stereocenters. The van der Waals surface area contributed by atoms with Crippen LogP contribution in [0.1, 0.15) is 47.2 Å². The van der Waals surface area contributed by atoms with Crippen molar-refractivity contribution in [3.05, 3.63) is 53.0 Å². The number of hydrogen-bond acceptors (Lipinski definition) is 7. The summed E-state index contributed by atoms with van der Waals surface area (Å²) in [6.07, 6.45) is 7.55. The van der Waals surface area contributed by atoms with Gasteiger partial charge in [-0.1, -0.05) is 0 Å². The Morgan fingerprint density at radius 3 is 2.67 bits per heavy atom. The average Bonchev–Trinajstić information content (AvgIpc) is 3.24. The lowest BCUT2D eigenvalue weighted by molar-refractivity contribution is 0.244. The summed E-state index contributed by atoms with van der Waals surface area (Å²) in [5.74, 6) is 1.28. The van der Waals surface area contributed by atoms with Gasteiger partial charge in [0.15, 0.2) is 5.82 Å². The molecule has 4 heterocycles. The summed E-state index contributed by atoms with van der Waals surface area (Å²) in [5.41, 5.74) is 5.13. The second-order valence-corrected chi connectivity index (χ2v) is 7.04. The molecule has 0 aliphatic carbocycles. The molecular weight excluding hydrogens is 340 g/mol. The van der Waals surface area contributed by atoms with E-state index in [-0.39, 0.29) is 6.04 Å². The van der Waals surface area contributed by atoms with E-state index in [2.05, 4.69) is 47.3 Å². The van der Waals surface area contributed by atoms with Crippen LogP contribution in [-0.2, 0) is 6.54 Å². The largest absolute Gasteiger partial charge is 0.307 e. The van der Waals surface area contributed by atoms with Crippen LogP contribution < -0.4 is 5.32 Å². The van der Waals surface area contributed by atoms with Crippen molar-refractivity contribution in [1.82, 2.24) is 35.0 Å². The number of aromatic amines is 1. The summed E-state index contributed by atoms with van der Waals surface area (Å²) < 4.78 is 0. The second-order valence-electron chi connectivity index (χ2n) is 7.04. The highest BCUT2D eigenvalue weighted by atomic mass is 15.2. The van der Waals surface area contributed by atoms with Gasteiger partial charge in [0.05, 0.1) is 12.2 Å². The third-order valence-electron chi connectivity index (χ3n) is 4.93. The molecule has 0 saturated carbocycles. The third kappa shape index (κ3) is 3.80. The van der Waals surface area contributed by atoms with Gasteiger partial charge in [0.25, 0.3) is 0 Å². The molecular formula is C19H24N8. The van der Waals surface area contributed by atoms with Gasteiger partial charge in [-0.2, -0.15) is 5.10 Å². The summed E-state index contributed by atoms with van der Waals surface area (Å²) in [7, 11) is 0. The maximum absolute atomic E-state index is 4.66. The molecule has 140 valence electrons. The minimum absolute atomic E-state index is 0.210. The molecule has 1 atom stereocenters. The normalized spacial score (nSPS) is 17.4. The van der Waals surface area contributed by atoms with Crippen LogP contribution in [0.3, 0.4) is 0 Å². The highest BCUT2D eigenvalue weighted by molar-refractivity contribution is 5.52. The van der Waals surface area contributed by atoms with Gasteiger partial charge >= 0.3 is 0 Å². The molecule has 0 radical (unpaired) electrons. The molecule has 1 aliphatic heterocycles. The fourth-order valence-electron chi connectivity index (χ4n) is 3.66. The van der Waals surface area contributed by atoms with Crippen molar-refractivity contribution in [1.29, 1.82) is 0 Å². The van der Waals surface area contributed by atoms with E-state index in [1.807, 2.05) is 26.1 Å². The monoisotopic (exact) mass is 364 g/mol. The fraction of sp³-hybridized carbons (Fsp3) is 0.421. The van der Waals surface area contributed by atoms with Crippen LogP contribution in [0.4, 0.5) is 11.8 Å². The van der Waals surface area contributed by atoms with E-state index >= 15 is 0 Å². The average molecular weight is 364 g/mol. The minimum Gasteiger partial charge on any atom is -0.307 e. The summed E-state index contributed by atoms with van der Waals surface area (Å²) in [4.78, 5) is 20.6. The van der Waals surface area contributed by atoms with E-state index in [1.165, 1.54) is 5.56 Å². The van der Waals surface area contributed by atoms with Crippen molar-refractivity contribution in [2.45, 2.75) is 46.2 Å². The Kier molecular flexibility index (Phi) is 4.81. The van der Waals surface area contributed by atoms with Gasteiger partial charge in [0.2, 0.25) is 5.95 Å². The molecule has 8 heteroatoms. The predicted molar refractivity (Wildman–Crippen MR) is 103 cm³/mol. The first kappa shape index (κ1) is 17.5. The number of aryl methyl sites for hydroxylation is 3. The first-order valence-electron chi connectivity index (χ1n) is 9.23. The maximum Gasteiger partial charge on any atom is 0.228 e. The molecule has 27 heavy (non-hydrogen) atoms. The Labute approximate surface area is 158 Å². The Hall–Kier alpha value is -2.87. The fourth-order valence-corrected chi connectivity index (χ4v) is 3.66. The number of H-pyrrole nitrogens is 1. The standard InChI is InChI=1S/C19H24N8/c1-12-9-13(2)24-19(23-12)25-18-17(20-6-7-21-18)16-5-4-8-27(16)11-15-10-22-26-14(15)3/h6-7,9-10,16H,4-5,8,11H2,1-3H3,(H,22,26)(H,21,23,24,25). The molecule has 1 fully saturated rings. The first-order chi connectivity index (χ1) is 13.1. The van der Waals surface area contributed by atoms with Crippen LogP contribution in [0.15, 0.2) is 24.7 Å². The molecule has 0 bridgehead atoms. The summed E-state index contributed by atoms with van der Waals surface area (Å²) in [6.45, 7) is 7.86. The van der Waals surface area contributed by atoms with Gasteiger partial charge in [0, 0.05) is 41.6 Å². The highest BCUT2D eigenvalue weighted by Gasteiger charge is 2.30. The van der Waals surface area contributed by atoms with E-state index in [0.717, 1.165) is 54.5 Å². The molecule has 4 rings (SSSR count). The van der Waals surface area contributed by atoms with Crippen molar-refractivity contribution >= 4 is 11.8 Å². The molecule has 0 aromatic carbocycles. The number of anilines is 2. The van der Waals surface area contributed by atoms with Crippen molar-refractivity contribution in [2.75, 3.05) is 11.9 Å². The molecule has 3 aromatic rings. The van der Waals surface area contributed by atoms with E-state index < -0.39 is 0 Å². The molecule has 0 amide bonds. The van der Waals surface area contributed by atoms with E-state index in [1.54, 1.807) is 12.4 Å². The molecule has 8 nitrogen and oxygen atoms in total. The molecule has 1 saturated heterocycles. The van der Waals surface area contributed by atoms with Gasteiger partial charge < -0.3 is 5.32 Å². The van der Waals surface area contributed by atoms with Crippen molar-refractivity contribution in [3.8, 4) is 0 Å². The van der Waals surface area contributed by atoms with Gasteiger partial charge in [-0.05, 0) is 46.2 Å². The summed E-state index contributed by atoms with van der Waals surface area (Å²) in [5, 5.41) is 10.4. The van der Waals surface area contributed by atoms with E-state index in [0.29, 0.717) is 5.95 Å². The quantitative estimate of drug-likeness (QED) is 0.718. The molecule has 2 N–H and O–H groups in total. The lowest BCUT2D eigenvalue weighted by Gasteiger charge is -2.25. The van der Waals surface area contributed by atoms with Gasteiger partial charge in [-0.25, -0.2) is 15.0 Å². The van der Waals surface area contributed by atoms with Gasteiger partial charge in [0.1, 0.15) is 5.69 Å². The zero-order chi connectivity index (χ0) is 18.8. The number of likely N-dealkylation sites (tertiary alicyclic amines) is 1. The van der Waals surface area contributed by atoms with Crippen LogP contribution in [0.25, 0.3) is 0 Å². The zero-order valence-electron chi connectivity index (χ0n) is 15.9. The van der Waals surface area contributed by atoms with Crippen LogP contribution in [0, 0.1) is 20.8 Å². The Balaban J connectivity index is 1.60. The van der Waals surface area contributed by atoms with E-state index in [4.69, 9.17) is 0 Å². The maximum atomic E-state index is 4.66. The van der Waals surface area contributed by atoms with Crippen LogP contribution in [0.2, 0.25) is 0 Å². The smallest absolute Gasteiger partial charge is 0.228 e. The lowest BCUT2D eigenvalue weighted by Crippen LogP contribution is -2.24. The topological polar surface area (TPSA) is 95.5 Å². The molecule has 1 aliphatic rings. The van der Waals surface area contributed by atoms with E-state index in [9.17, 15) is 0 Å². The third-order valence-corrected chi connectivity index (χ3v) is 4.93. The van der Waals surface area contributed by atoms with Crippen LogP contribution >= 0.6 is 0 Å². The Bertz CT molecular complexity index is 915.